The lowest BCUT2D eigenvalue weighted by molar-refractivity contribution is -0.143. The monoisotopic (exact) mass is 530 g/mol. The third-order valence-corrected chi connectivity index (χ3v) is 7.10. The summed E-state index contributed by atoms with van der Waals surface area (Å²) in [5.74, 6) is -2.84. The number of carbonyl (C=O) groups excluding carboxylic acids is 2. The number of carbonyl (C=O) groups is 3. The topological polar surface area (TPSA) is 114 Å². The molecule has 0 atom stereocenters. The molecule has 0 aromatic heterocycles. The maximum absolute atomic E-state index is 14.5. The number of hydrogen-bond acceptors (Lipinski definition) is 5. The summed E-state index contributed by atoms with van der Waals surface area (Å²) in [6.07, 6.45) is 5.30. The highest BCUT2D eigenvalue weighted by Gasteiger charge is 2.27. The second-order valence-electron chi connectivity index (χ2n) is 9.84. The Labute approximate surface area is 219 Å². The van der Waals surface area contributed by atoms with Gasteiger partial charge in [0.15, 0.2) is 11.6 Å². The summed E-state index contributed by atoms with van der Waals surface area (Å²) in [7, 11) is 0. The molecule has 0 radical (unpaired) electrons. The fraction of sp³-hybridized carbons (Fsp3) is 0.464. The molecule has 2 aliphatic carbocycles. The standard InChI is InChI=1S/C28H32F2N2O6/c29-23-15-21(38-20-7-4-18(5-8-20)28(35)36)9-10-22(23)27(34)32-13-12-31-26(33)19-6-11-25(24(30)14-19)37-16-17-2-1-3-17/h6,9-11,14-15,17-18,20H,1-5,7-8,12-13,16H2,(H,31,33)(H,32,34)(H,35,36)/t18-,20+. The van der Waals surface area contributed by atoms with Crippen molar-refractivity contribution in [2.24, 2.45) is 11.8 Å². The Balaban J connectivity index is 1.19. The Morgan fingerprint density at radius 1 is 0.868 bits per heavy atom. The molecule has 2 saturated carbocycles. The highest BCUT2D eigenvalue weighted by atomic mass is 19.1. The zero-order chi connectivity index (χ0) is 27.1. The second kappa shape index (κ2) is 12.7. The predicted molar refractivity (Wildman–Crippen MR) is 134 cm³/mol. The Bertz CT molecular complexity index is 1160. The van der Waals surface area contributed by atoms with E-state index in [4.69, 9.17) is 14.6 Å². The highest BCUT2D eigenvalue weighted by Crippen LogP contribution is 2.29. The van der Waals surface area contributed by atoms with Gasteiger partial charge in [0.25, 0.3) is 11.8 Å². The van der Waals surface area contributed by atoms with E-state index in [9.17, 15) is 23.2 Å². The number of carboxylic acids is 1. The minimum Gasteiger partial charge on any atom is -0.490 e. The molecule has 204 valence electrons. The van der Waals surface area contributed by atoms with Crippen molar-refractivity contribution in [2.45, 2.75) is 51.0 Å². The van der Waals surface area contributed by atoms with Gasteiger partial charge in [-0.2, -0.15) is 0 Å². The first kappa shape index (κ1) is 27.3. The Morgan fingerprint density at radius 3 is 2.18 bits per heavy atom. The van der Waals surface area contributed by atoms with E-state index in [1.165, 1.54) is 30.7 Å². The van der Waals surface area contributed by atoms with Crippen LogP contribution >= 0.6 is 0 Å². The maximum Gasteiger partial charge on any atom is 0.306 e. The van der Waals surface area contributed by atoms with Crippen LogP contribution < -0.4 is 20.1 Å². The molecule has 10 heteroatoms. The number of carboxylic acid groups (broad SMARTS) is 1. The van der Waals surface area contributed by atoms with Gasteiger partial charge in [0, 0.05) is 24.7 Å². The fourth-order valence-corrected chi connectivity index (χ4v) is 4.55. The van der Waals surface area contributed by atoms with E-state index in [1.54, 1.807) is 0 Å². The third kappa shape index (κ3) is 7.20. The number of ether oxygens (including phenoxy) is 2. The zero-order valence-electron chi connectivity index (χ0n) is 21.0. The SMILES string of the molecule is O=C(NCCNC(=O)c1ccc(O[C@H]2CC[C@@H](C(=O)O)CC2)cc1F)c1ccc(OCC2CCC2)c(F)c1. The smallest absolute Gasteiger partial charge is 0.306 e. The van der Waals surface area contributed by atoms with Gasteiger partial charge in [0.2, 0.25) is 0 Å². The molecule has 2 aromatic rings. The van der Waals surface area contributed by atoms with Crippen molar-refractivity contribution < 1.29 is 37.7 Å². The number of aliphatic carboxylic acids is 1. The van der Waals surface area contributed by atoms with Crippen LogP contribution in [0.25, 0.3) is 0 Å². The molecule has 38 heavy (non-hydrogen) atoms. The van der Waals surface area contributed by atoms with E-state index >= 15 is 0 Å². The average molecular weight is 531 g/mol. The molecule has 0 unspecified atom stereocenters. The molecule has 0 saturated heterocycles. The quantitative estimate of drug-likeness (QED) is 0.373. The lowest BCUT2D eigenvalue weighted by Gasteiger charge is -2.26. The summed E-state index contributed by atoms with van der Waals surface area (Å²) >= 11 is 0. The van der Waals surface area contributed by atoms with E-state index in [0.717, 1.165) is 25.0 Å². The first-order chi connectivity index (χ1) is 18.3. The summed E-state index contributed by atoms with van der Waals surface area (Å²) in [5.41, 5.74) is -0.0410. The van der Waals surface area contributed by atoms with Crippen molar-refractivity contribution in [1.82, 2.24) is 10.6 Å². The van der Waals surface area contributed by atoms with Gasteiger partial charge < -0.3 is 25.2 Å². The molecule has 0 bridgehead atoms. The molecule has 3 N–H and O–H groups in total. The Hall–Kier alpha value is -3.69. The number of rotatable bonds is 11. The van der Waals surface area contributed by atoms with Crippen LogP contribution in [0.3, 0.4) is 0 Å². The van der Waals surface area contributed by atoms with Gasteiger partial charge in [0.05, 0.1) is 24.2 Å². The highest BCUT2D eigenvalue weighted by molar-refractivity contribution is 5.95. The van der Waals surface area contributed by atoms with Crippen LogP contribution in [0.2, 0.25) is 0 Å². The van der Waals surface area contributed by atoms with Crippen LogP contribution in [-0.2, 0) is 4.79 Å². The zero-order valence-corrected chi connectivity index (χ0v) is 21.0. The summed E-state index contributed by atoms with van der Waals surface area (Å²) in [4.78, 5) is 35.8. The number of benzene rings is 2. The van der Waals surface area contributed by atoms with Crippen molar-refractivity contribution in [3.8, 4) is 11.5 Å². The van der Waals surface area contributed by atoms with Crippen molar-refractivity contribution in [3.63, 3.8) is 0 Å². The summed E-state index contributed by atoms with van der Waals surface area (Å²) in [5, 5.41) is 14.2. The largest absolute Gasteiger partial charge is 0.490 e. The molecule has 8 nitrogen and oxygen atoms in total. The minimum absolute atomic E-state index is 0.0418. The summed E-state index contributed by atoms with van der Waals surface area (Å²) in [6.45, 7) is 0.572. The van der Waals surface area contributed by atoms with Crippen molar-refractivity contribution in [1.29, 1.82) is 0 Å². The van der Waals surface area contributed by atoms with Crippen LogP contribution in [0.4, 0.5) is 8.78 Å². The summed E-state index contributed by atoms with van der Waals surface area (Å²) in [6, 6.07) is 7.97. The van der Waals surface area contributed by atoms with Gasteiger partial charge in [-0.15, -0.1) is 0 Å². The molecular formula is C28H32F2N2O6. The van der Waals surface area contributed by atoms with Gasteiger partial charge in [-0.25, -0.2) is 8.78 Å². The van der Waals surface area contributed by atoms with E-state index < -0.39 is 29.4 Å². The van der Waals surface area contributed by atoms with E-state index in [0.29, 0.717) is 38.2 Å². The van der Waals surface area contributed by atoms with Gasteiger partial charge in [0.1, 0.15) is 11.6 Å². The fourth-order valence-electron chi connectivity index (χ4n) is 4.55. The Kier molecular flexibility index (Phi) is 9.15. The first-order valence-electron chi connectivity index (χ1n) is 13.0. The molecule has 0 heterocycles. The molecule has 2 aliphatic rings. The number of amides is 2. The number of hydrogen-bond donors (Lipinski definition) is 3. The lowest BCUT2D eigenvalue weighted by atomic mass is 9.86. The molecule has 0 spiro atoms. The summed E-state index contributed by atoms with van der Waals surface area (Å²) < 4.78 is 40.1. The minimum atomic E-state index is -0.809. The van der Waals surface area contributed by atoms with Gasteiger partial charge in [-0.3, -0.25) is 14.4 Å². The van der Waals surface area contributed by atoms with E-state index in [2.05, 4.69) is 10.6 Å². The maximum atomic E-state index is 14.5. The van der Waals surface area contributed by atoms with Crippen molar-refractivity contribution >= 4 is 17.8 Å². The van der Waals surface area contributed by atoms with Crippen LogP contribution in [0.1, 0.15) is 65.7 Å². The van der Waals surface area contributed by atoms with Crippen LogP contribution in [-0.4, -0.2) is 48.7 Å². The van der Waals surface area contributed by atoms with Gasteiger partial charge in [-0.1, -0.05) is 6.42 Å². The lowest BCUT2D eigenvalue weighted by Crippen LogP contribution is -2.35. The van der Waals surface area contributed by atoms with Gasteiger partial charge >= 0.3 is 5.97 Å². The number of nitrogens with one attached hydrogen (secondary N) is 2. The van der Waals surface area contributed by atoms with E-state index in [-0.39, 0.29) is 47.7 Å². The normalized spacial score (nSPS) is 19.2. The molecule has 4 rings (SSSR count). The van der Waals surface area contributed by atoms with Gasteiger partial charge in [-0.05, 0) is 74.8 Å². The second-order valence-corrected chi connectivity index (χ2v) is 9.84. The predicted octanol–water partition coefficient (Wildman–Crippen LogP) is 4.33. The van der Waals surface area contributed by atoms with Crippen molar-refractivity contribution in [3.05, 3.63) is 59.2 Å². The van der Waals surface area contributed by atoms with Crippen LogP contribution in [0.5, 0.6) is 11.5 Å². The van der Waals surface area contributed by atoms with Crippen LogP contribution in [0.15, 0.2) is 36.4 Å². The van der Waals surface area contributed by atoms with Crippen molar-refractivity contribution in [2.75, 3.05) is 19.7 Å². The molecule has 2 amide bonds. The molecule has 2 aromatic carbocycles. The average Bonchev–Trinajstić information content (AvgIpc) is 2.86. The third-order valence-electron chi connectivity index (χ3n) is 7.10. The molecule has 0 aliphatic heterocycles. The first-order valence-corrected chi connectivity index (χ1v) is 13.0. The molecule has 2 fully saturated rings. The van der Waals surface area contributed by atoms with E-state index in [1.807, 2.05) is 0 Å². The number of halogens is 2. The van der Waals surface area contributed by atoms with Crippen LogP contribution in [0, 0.1) is 23.5 Å². The molecular weight excluding hydrogens is 498 g/mol. The Morgan fingerprint density at radius 2 is 1.58 bits per heavy atom.